The van der Waals surface area contributed by atoms with Gasteiger partial charge in [0.1, 0.15) is 6.04 Å². The van der Waals surface area contributed by atoms with Crippen LogP contribution in [0.15, 0.2) is 18.2 Å². The molecular formula is C13H18N2O3. The molecule has 5 heteroatoms. The van der Waals surface area contributed by atoms with Gasteiger partial charge in [0.05, 0.1) is 0 Å². The van der Waals surface area contributed by atoms with Gasteiger partial charge in [-0.25, -0.2) is 4.79 Å². The Balaban J connectivity index is 2.83. The molecule has 2 amide bonds. The van der Waals surface area contributed by atoms with Crippen LogP contribution in [0, 0.1) is 13.8 Å². The number of hydrogen-bond donors (Lipinski definition) is 2. The number of aryl methyl sites for hydroxylation is 2. The summed E-state index contributed by atoms with van der Waals surface area (Å²) in [4.78, 5) is 23.9. The van der Waals surface area contributed by atoms with Crippen molar-refractivity contribution in [2.24, 2.45) is 0 Å². The second kappa shape index (κ2) is 5.53. The Morgan fingerprint density at radius 2 is 1.94 bits per heavy atom. The van der Waals surface area contributed by atoms with Gasteiger partial charge in [-0.05, 0) is 32.4 Å². The first-order chi connectivity index (χ1) is 8.32. The van der Waals surface area contributed by atoms with Gasteiger partial charge in [0.2, 0.25) is 0 Å². The third-order valence-electron chi connectivity index (χ3n) is 2.73. The van der Waals surface area contributed by atoms with Gasteiger partial charge in [0.15, 0.2) is 0 Å². The molecule has 1 rings (SSSR count). The van der Waals surface area contributed by atoms with Crippen LogP contribution in [0.2, 0.25) is 0 Å². The number of rotatable bonds is 3. The summed E-state index contributed by atoms with van der Waals surface area (Å²) in [5.74, 6) is -1.06. The Bertz CT molecular complexity index is 471. The minimum Gasteiger partial charge on any atom is -0.480 e. The number of benzene rings is 1. The van der Waals surface area contributed by atoms with Gasteiger partial charge in [-0.3, -0.25) is 9.69 Å². The van der Waals surface area contributed by atoms with Crippen molar-refractivity contribution in [3.8, 4) is 0 Å². The predicted octanol–water partition coefficient (Wildman–Crippen LogP) is 1.92. The molecule has 0 radical (unpaired) electrons. The van der Waals surface area contributed by atoms with Gasteiger partial charge in [-0.15, -0.1) is 0 Å². The van der Waals surface area contributed by atoms with Crippen molar-refractivity contribution in [1.29, 1.82) is 0 Å². The zero-order valence-electron chi connectivity index (χ0n) is 11.0. The van der Waals surface area contributed by atoms with Crippen LogP contribution in [0.5, 0.6) is 0 Å². The molecule has 0 aliphatic carbocycles. The van der Waals surface area contributed by atoms with E-state index in [2.05, 4.69) is 5.32 Å². The number of carbonyl (C=O) groups excluding carboxylic acids is 1. The minimum absolute atomic E-state index is 0.433. The molecule has 0 saturated heterocycles. The van der Waals surface area contributed by atoms with Crippen molar-refractivity contribution >= 4 is 17.7 Å². The van der Waals surface area contributed by atoms with Gasteiger partial charge < -0.3 is 10.4 Å². The number of nitrogens with one attached hydrogen (secondary N) is 1. The molecule has 18 heavy (non-hydrogen) atoms. The Kier molecular flexibility index (Phi) is 4.31. The fourth-order valence-corrected chi connectivity index (χ4v) is 1.63. The molecule has 0 fully saturated rings. The highest BCUT2D eigenvalue weighted by molar-refractivity contribution is 5.94. The number of carbonyl (C=O) groups is 2. The largest absolute Gasteiger partial charge is 0.480 e. The van der Waals surface area contributed by atoms with Crippen LogP contribution in [0.4, 0.5) is 10.5 Å². The third kappa shape index (κ3) is 3.23. The molecule has 0 saturated carbocycles. The van der Waals surface area contributed by atoms with Crippen molar-refractivity contribution < 1.29 is 14.7 Å². The first kappa shape index (κ1) is 14.0. The normalized spacial score (nSPS) is 11.8. The van der Waals surface area contributed by atoms with Crippen LogP contribution in [-0.4, -0.2) is 30.2 Å². The first-order valence-electron chi connectivity index (χ1n) is 5.67. The number of hydrogen-bond acceptors (Lipinski definition) is 2. The van der Waals surface area contributed by atoms with E-state index in [9.17, 15) is 9.59 Å². The highest BCUT2D eigenvalue weighted by atomic mass is 16.4. The zero-order chi connectivity index (χ0) is 13.9. The van der Waals surface area contributed by atoms with E-state index < -0.39 is 18.0 Å². The molecule has 0 aromatic heterocycles. The molecule has 1 aromatic rings. The summed E-state index contributed by atoms with van der Waals surface area (Å²) >= 11 is 0. The second-order valence-corrected chi connectivity index (χ2v) is 4.36. The number of nitrogens with zero attached hydrogens (tertiary/aromatic N) is 1. The fourth-order valence-electron chi connectivity index (χ4n) is 1.63. The van der Waals surface area contributed by atoms with Gasteiger partial charge >= 0.3 is 12.0 Å². The zero-order valence-corrected chi connectivity index (χ0v) is 11.0. The second-order valence-electron chi connectivity index (χ2n) is 4.36. The Morgan fingerprint density at radius 1 is 1.33 bits per heavy atom. The monoisotopic (exact) mass is 250 g/mol. The van der Waals surface area contributed by atoms with Crippen molar-refractivity contribution in [2.45, 2.75) is 26.8 Å². The van der Waals surface area contributed by atoms with Crippen LogP contribution in [0.3, 0.4) is 0 Å². The molecule has 0 aliphatic heterocycles. The molecule has 0 bridgehead atoms. The van der Waals surface area contributed by atoms with E-state index in [0.29, 0.717) is 0 Å². The van der Waals surface area contributed by atoms with E-state index in [-0.39, 0.29) is 0 Å². The van der Waals surface area contributed by atoms with Crippen LogP contribution in [-0.2, 0) is 4.79 Å². The number of carboxylic acids is 1. The molecule has 1 atom stereocenters. The van der Waals surface area contributed by atoms with Crippen molar-refractivity contribution in [3.05, 3.63) is 29.3 Å². The van der Waals surface area contributed by atoms with Crippen LogP contribution in [0.1, 0.15) is 18.1 Å². The third-order valence-corrected chi connectivity index (χ3v) is 2.73. The highest BCUT2D eigenvalue weighted by Crippen LogP contribution is 2.19. The summed E-state index contributed by atoms with van der Waals surface area (Å²) in [6.45, 7) is 5.31. The smallest absolute Gasteiger partial charge is 0.325 e. The van der Waals surface area contributed by atoms with Crippen molar-refractivity contribution in [1.82, 2.24) is 5.32 Å². The van der Waals surface area contributed by atoms with Crippen LogP contribution in [0.25, 0.3) is 0 Å². The molecule has 1 aromatic carbocycles. The average molecular weight is 250 g/mol. The molecule has 0 unspecified atom stereocenters. The summed E-state index contributed by atoms with van der Waals surface area (Å²) < 4.78 is 0. The van der Waals surface area contributed by atoms with Gasteiger partial charge in [0.25, 0.3) is 0 Å². The van der Waals surface area contributed by atoms with E-state index in [4.69, 9.17) is 5.11 Å². The molecule has 98 valence electrons. The van der Waals surface area contributed by atoms with E-state index in [1.807, 2.05) is 32.0 Å². The molecule has 0 spiro atoms. The van der Waals surface area contributed by atoms with Gasteiger partial charge in [0, 0.05) is 12.7 Å². The lowest BCUT2D eigenvalue weighted by Crippen LogP contribution is -2.45. The van der Waals surface area contributed by atoms with Gasteiger partial charge in [-0.1, -0.05) is 17.7 Å². The minimum atomic E-state index is -1.06. The lowest BCUT2D eigenvalue weighted by Gasteiger charge is -2.21. The molecule has 0 aliphatic rings. The summed E-state index contributed by atoms with van der Waals surface area (Å²) in [5, 5.41) is 11.1. The fraction of sp³-hybridized carbons (Fsp3) is 0.385. The predicted molar refractivity (Wildman–Crippen MR) is 69.9 cm³/mol. The molecule has 0 heterocycles. The summed E-state index contributed by atoms with van der Waals surface area (Å²) in [6.07, 6.45) is 0. The number of aliphatic carboxylic acids is 1. The number of carboxylic acid groups (broad SMARTS) is 1. The van der Waals surface area contributed by atoms with E-state index in [0.717, 1.165) is 16.8 Å². The Morgan fingerprint density at radius 3 is 2.44 bits per heavy atom. The van der Waals surface area contributed by atoms with E-state index >= 15 is 0 Å². The standard InChI is InChI=1S/C13H18N2O3/c1-8-5-6-11(9(2)7-8)15(4)13(18)14-10(3)12(16)17/h5-7,10H,1-4H3,(H,14,18)(H,16,17)/t10-/m0/s1. The molecule has 2 N–H and O–H groups in total. The Labute approximate surface area is 106 Å². The maximum absolute atomic E-state index is 11.8. The number of anilines is 1. The average Bonchev–Trinajstić information content (AvgIpc) is 2.27. The van der Waals surface area contributed by atoms with Crippen molar-refractivity contribution in [3.63, 3.8) is 0 Å². The number of urea groups is 1. The quantitative estimate of drug-likeness (QED) is 0.861. The van der Waals surface area contributed by atoms with Gasteiger partial charge in [-0.2, -0.15) is 0 Å². The van der Waals surface area contributed by atoms with Crippen molar-refractivity contribution in [2.75, 3.05) is 11.9 Å². The van der Waals surface area contributed by atoms with Crippen LogP contribution >= 0.6 is 0 Å². The summed E-state index contributed by atoms with van der Waals surface area (Å²) in [6, 6.07) is 4.38. The summed E-state index contributed by atoms with van der Waals surface area (Å²) in [5.41, 5.74) is 2.84. The highest BCUT2D eigenvalue weighted by Gasteiger charge is 2.18. The lowest BCUT2D eigenvalue weighted by atomic mass is 10.1. The first-order valence-corrected chi connectivity index (χ1v) is 5.67. The summed E-state index contributed by atoms with van der Waals surface area (Å²) in [7, 11) is 1.61. The Hall–Kier alpha value is -2.04. The topological polar surface area (TPSA) is 69.6 Å². The SMILES string of the molecule is Cc1ccc(N(C)C(=O)N[C@@H](C)C(=O)O)c(C)c1. The molecular weight excluding hydrogens is 232 g/mol. The molecule has 5 nitrogen and oxygen atoms in total. The van der Waals surface area contributed by atoms with Crippen LogP contribution < -0.4 is 10.2 Å². The lowest BCUT2D eigenvalue weighted by molar-refractivity contribution is -0.138. The maximum Gasteiger partial charge on any atom is 0.325 e. The maximum atomic E-state index is 11.8. The van der Waals surface area contributed by atoms with E-state index in [1.165, 1.54) is 11.8 Å². The van der Waals surface area contributed by atoms with E-state index in [1.54, 1.807) is 7.05 Å². The number of amides is 2.